The molecule has 0 spiro atoms. The van der Waals surface area contributed by atoms with Crippen molar-refractivity contribution in [1.82, 2.24) is 5.32 Å². The summed E-state index contributed by atoms with van der Waals surface area (Å²) in [6, 6.07) is 0. The highest BCUT2D eigenvalue weighted by atomic mass is 16.4. The third-order valence-corrected chi connectivity index (χ3v) is 4.27. The minimum Gasteiger partial charge on any atom is -0.409 e. The van der Waals surface area contributed by atoms with Gasteiger partial charge in [-0.3, -0.25) is 4.79 Å². The van der Waals surface area contributed by atoms with Gasteiger partial charge in [-0.2, -0.15) is 0 Å². The number of hydrogen-bond donors (Lipinski definition) is 3. The van der Waals surface area contributed by atoms with Crippen LogP contribution in [0, 0.1) is 11.3 Å². The Kier molecular flexibility index (Phi) is 3.54. The molecule has 4 N–H and O–H groups in total. The number of oxime groups is 1. The van der Waals surface area contributed by atoms with E-state index in [-0.39, 0.29) is 11.7 Å². The largest absolute Gasteiger partial charge is 0.409 e. The number of nitrogens with one attached hydrogen (secondary N) is 1. The molecule has 0 heterocycles. The molecular formula is C12H21N3O2. The van der Waals surface area contributed by atoms with Crippen molar-refractivity contribution in [2.75, 3.05) is 6.54 Å². The van der Waals surface area contributed by atoms with Gasteiger partial charge in [0.2, 0.25) is 5.91 Å². The number of hydrogen-bond acceptors (Lipinski definition) is 3. The molecule has 2 rings (SSSR count). The fourth-order valence-corrected chi connectivity index (χ4v) is 2.78. The minimum absolute atomic E-state index is 0.0581. The van der Waals surface area contributed by atoms with Gasteiger partial charge in [-0.05, 0) is 31.6 Å². The van der Waals surface area contributed by atoms with E-state index in [1.165, 1.54) is 19.3 Å². The summed E-state index contributed by atoms with van der Waals surface area (Å²) in [5, 5.41) is 14.9. The monoisotopic (exact) mass is 239 g/mol. The van der Waals surface area contributed by atoms with E-state index in [2.05, 4.69) is 10.5 Å². The molecule has 0 atom stereocenters. The van der Waals surface area contributed by atoms with Crippen LogP contribution in [0.5, 0.6) is 0 Å². The molecule has 0 saturated heterocycles. The van der Waals surface area contributed by atoms with Crippen LogP contribution >= 0.6 is 0 Å². The number of rotatable bonds is 4. The van der Waals surface area contributed by atoms with Crippen molar-refractivity contribution in [3.63, 3.8) is 0 Å². The zero-order chi connectivity index (χ0) is 12.3. The maximum atomic E-state index is 12.2. The molecule has 0 radical (unpaired) electrons. The van der Waals surface area contributed by atoms with Crippen LogP contribution in [0.15, 0.2) is 5.16 Å². The van der Waals surface area contributed by atoms with E-state index in [9.17, 15) is 4.79 Å². The highest BCUT2D eigenvalue weighted by Crippen LogP contribution is 2.38. The van der Waals surface area contributed by atoms with E-state index in [0.29, 0.717) is 18.8 Å². The molecule has 2 aliphatic carbocycles. The minimum atomic E-state index is -0.751. The summed E-state index contributed by atoms with van der Waals surface area (Å²) in [6.45, 7) is 0.735. The van der Waals surface area contributed by atoms with Crippen LogP contribution in [-0.4, -0.2) is 23.5 Å². The van der Waals surface area contributed by atoms with Crippen molar-refractivity contribution in [1.29, 1.82) is 0 Å². The summed E-state index contributed by atoms with van der Waals surface area (Å²) < 4.78 is 0. The topological polar surface area (TPSA) is 87.7 Å². The molecule has 17 heavy (non-hydrogen) atoms. The summed E-state index contributed by atoms with van der Waals surface area (Å²) in [5.41, 5.74) is 4.95. The van der Waals surface area contributed by atoms with E-state index in [0.717, 1.165) is 19.4 Å². The van der Waals surface area contributed by atoms with Gasteiger partial charge in [0.15, 0.2) is 5.84 Å². The first-order valence-electron chi connectivity index (χ1n) is 6.45. The van der Waals surface area contributed by atoms with Crippen LogP contribution in [0.4, 0.5) is 0 Å². The lowest BCUT2D eigenvalue weighted by Gasteiger charge is -2.30. The van der Waals surface area contributed by atoms with Crippen molar-refractivity contribution in [2.45, 2.75) is 44.9 Å². The number of amidine groups is 1. The molecule has 0 bridgehead atoms. The number of carbonyl (C=O) groups excluding carboxylic acids is 1. The molecule has 0 aromatic carbocycles. The van der Waals surface area contributed by atoms with Gasteiger partial charge in [0, 0.05) is 6.54 Å². The maximum Gasteiger partial charge on any atom is 0.233 e. The standard InChI is InChI=1S/C12H21N3O2/c13-10(15-17)12(6-1-2-7-12)11(16)14-8-9-4-3-5-9/h9,17H,1-8H2,(H2,13,15)(H,14,16). The molecule has 2 aliphatic rings. The van der Waals surface area contributed by atoms with Crippen molar-refractivity contribution in [2.24, 2.45) is 22.2 Å². The lowest BCUT2D eigenvalue weighted by molar-refractivity contribution is -0.127. The van der Waals surface area contributed by atoms with Gasteiger partial charge in [0.25, 0.3) is 0 Å². The highest BCUT2D eigenvalue weighted by molar-refractivity contribution is 6.07. The number of nitrogens with zero attached hydrogens (tertiary/aromatic N) is 1. The molecule has 96 valence electrons. The van der Waals surface area contributed by atoms with Gasteiger partial charge in [-0.25, -0.2) is 0 Å². The zero-order valence-electron chi connectivity index (χ0n) is 10.1. The number of nitrogens with two attached hydrogens (primary N) is 1. The average molecular weight is 239 g/mol. The Bertz CT molecular complexity index is 318. The third kappa shape index (κ3) is 2.23. The van der Waals surface area contributed by atoms with Crippen LogP contribution in [0.3, 0.4) is 0 Å². The second kappa shape index (κ2) is 4.94. The maximum absolute atomic E-state index is 12.2. The molecule has 0 unspecified atom stereocenters. The molecule has 2 saturated carbocycles. The van der Waals surface area contributed by atoms with Gasteiger partial charge in [0.05, 0.1) is 0 Å². The predicted octanol–water partition coefficient (Wildman–Crippen LogP) is 1.21. The molecule has 0 aromatic heterocycles. The molecule has 0 aromatic rings. The Morgan fingerprint density at radius 1 is 1.35 bits per heavy atom. The number of carbonyl (C=O) groups is 1. The van der Waals surface area contributed by atoms with E-state index < -0.39 is 5.41 Å². The lowest BCUT2D eigenvalue weighted by Crippen LogP contribution is -2.49. The van der Waals surface area contributed by atoms with Crippen molar-refractivity contribution in [3.8, 4) is 0 Å². The third-order valence-electron chi connectivity index (χ3n) is 4.27. The Balaban J connectivity index is 1.97. The Morgan fingerprint density at radius 3 is 2.47 bits per heavy atom. The first kappa shape index (κ1) is 12.2. The summed E-state index contributed by atoms with van der Waals surface area (Å²) >= 11 is 0. The van der Waals surface area contributed by atoms with E-state index in [1.54, 1.807) is 0 Å². The van der Waals surface area contributed by atoms with Gasteiger partial charge < -0.3 is 16.3 Å². The van der Waals surface area contributed by atoms with Crippen molar-refractivity contribution < 1.29 is 10.0 Å². The zero-order valence-corrected chi connectivity index (χ0v) is 10.1. The lowest BCUT2D eigenvalue weighted by atomic mass is 9.82. The predicted molar refractivity (Wildman–Crippen MR) is 64.7 cm³/mol. The van der Waals surface area contributed by atoms with Gasteiger partial charge >= 0.3 is 0 Å². The van der Waals surface area contributed by atoms with Crippen LogP contribution in [0.2, 0.25) is 0 Å². The molecule has 2 fully saturated rings. The van der Waals surface area contributed by atoms with Crippen LogP contribution in [0.25, 0.3) is 0 Å². The number of amides is 1. The van der Waals surface area contributed by atoms with Crippen molar-refractivity contribution >= 4 is 11.7 Å². The summed E-state index contributed by atoms with van der Waals surface area (Å²) in [6.07, 6.45) is 7.00. The van der Waals surface area contributed by atoms with E-state index in [4.69, 9.17) is 10.9 Å². The van der Waals surface area contributed by atoms with Crippen LogP contribution in [0.1, 0.15) is 44.9 Å². The molecule has 1 amide bonds. The van der Waals surface area contributed by atoms with E-state index >= 15 is 0 Å². The fourth-order valence-electron chi connectivity index (χ4n) is 2.78. The summed E-state index contributed by atoms with van der Waals surface area (Å²) in [4.78, 5) is 12.2. The normalized spacial score (nSPS) is 24.4. The molecule has 5 nitrogen and oxygen atoms in total. The second-order valence-electron chi connectivity index (χ2n) is 5.28. The Morgan fingerprint density at radius 2 is 2.00 bits per heavy atom. The quantitative estimate of drug-likeness (QED) is 0.298. The molecular weight excluding hydrogens is 218 g/mol. The first-order valence-corrected chi connectivity index (χ1v) is 6.45. The van der Waals surface area contributed by atoms with E-state index in [1.807, 2.05) is 0 Å². The summed E-state index contributed by atoms with van der Waals surface area (Å²) in [5.74, 6) is 0.642. The first-order chi connectivity index (χ1) is 8.19. The van der Waals surface area contributed by atoms with Crippen LogP contribution in [-0.2, 0) is 4.79 Å². The van der Waals surface area contributed by atoms with Gasteiger partial charge in [-0.1, -0.05) is 24.4 Å². The summed E-state index contributed by atoms with van der Waals surface area (Å²) in [7, 11) is 0. The fraction of sp³-hybridized carbons (Fsp3) is 0.833. The Labute approximate surface area is 101 Å². The SMILES string of the molecule is N/C(=N/O)C1(C(=O)NCC2CCC2)CCCC1. The average Bonchev–Trinajstić information content (AvgIpc) is 2.76. The Hall–Kier alpha value is -1.26. The second-order valence-corrected chi connectivity index (χ2v) is 5.28. The van der Waals surface area contributed by atoms with Gasteiger partial charge in [-0.15, -0.1) is 0 Å². The highest BCUT2D eigenvalue weighted by Gasteiger charge is 2.45. The van der Waals surface area contributed by atoms with Crippen molar-refractivity contribution in [3.05, 3.63) is 0 Å². The molecule has 0 aliphatic heterocycles. The molecule has 5 heteroatoms. The van der Waals surface area contributed by atoms with Gasteiger partial charge in [0.1, 0.15) is 5.41 Å². The van der Waals surface area contributed by atoms with Crippen LogP contribution < -0.4 is 11.1 Å². The smallest absolute Gasteiger partial charge is 0.233 e.